The van der Waals surface area contributed by atoms with Gasteiger partial charge in [-0.15, -0.1) is 0 Å². The summed E-state index contributed by atoms with van der Waals surface area (Å²) < 4.78 is 5.95. The van der Waals surface area contributed by atoms with Gasteiger partial charge >= 0.3 is 0 Å². The Balaban J connectivity index is 2.18. The molecule has 1 heteroatoms. The average Bonchev–Trinajstić information content (AvgIpc) is 2.55. The fourth-order valence-electron chi connectivity index (χ4n) is 2.72. The molecule has 118 valence electrons. The molecule has 0 amide bonds. The molecule has 0 aromatic heterocycles. The van der Waals surface area contributed by atoms with E-state index < -0.39 is 0 Å². The molecule has 0 saturated heterocycles. The number of aryl methyl sites for hydroxylation is 1. The highest BCUT2D eigenvalue weighted by atomic mass is 16.5. The van der Waals surface area contributed by atoms with Crippen LogP contribution in [0.25, 0.3) is 11.1 Å². The van der Waals surface area contributed by atoms with Crippen LogP contribution in [-0.2, 0) is 6.42 Å². The highest BCUT2D eigenvalue weighted by molar-refractivity contribution is 5.70. The first kappa shape index (κ1) is 16.6. The van der Waals surface area contributed by atoms with E-state index in [4.69, 9.17) is 4.74 Å². The van der Waals surface area contributed by atoms with E-state index in [1.54, 1.807) is 0 Å². The third kappa shape index (κ3) is 3.91. The summed E-state index contributed by atoms with van der Waals surface area (Å²) >= 11 is 0. The summed E-state index contributed by atoms with van der Waals surface area (Å²) in [5.41, 5.74) is 6.55. The van der Waals surface area contributed by atoms with Gasteiger partial charge in [0.15, 0.2) is 0 Å². The predicted octanol–water partition coefficient (Wildman–Crippen LogP) is 6.10. The van der Waals surface area contributed by atoms with Crippen molar-refractivity contribution in [1.82, 2.24) is 0 Å². The maximum atomic E-state index is 5.95. The molecular formula is C21H28O. The van der Waals surface area contributed by atoms with Crippen LogP contribution in [0.15, 0.2) is 36.4 Å². The van der Waals surface area contributed by atoms with Gasteiger partial charge in [-0.25, -0.2) is 0 Å². The molecule has 0 aliphatic heterocycles. The van der Waals surface area contributed by atoms with Crippen molar-refractivity contribution < 1.29 is 4.74 Å². The maximum absolute atomic E-state index is 5.95. The molecule has 0 spiro atoms. The lowest BCUT2D eigenvalue weighted by molar-refractivity contribution is 0.304. The van der Waals surface area contributed by atoms with Crippen molar-refractivity contribution in [2.24, 2.45) is 0 Å². The Morgan fingerprint density at radius 3 is 2.18 bits per heavy atom. The highest BCUT2D eigenvalue weighted by Gasteiger charge is 2.09. The first-order valence-electron chi connectivity index (χ1n) is 8.49. The Kier molecular flexibility index (Phi) is 6.06. The Labute approximate surface area is 135 Å². The molecule has 0 N–H and O–H groups in total. The molecular weight excluding hydrogens is 268 g/mol. The molecule has 0 saturated carbocycles. The normalized spacial score (nSPS) is 10.7. The van der Waals surface area contributed by atoms with Crippen LogP contribution in [0, 0.1) is 13.8 Å². The number of hydrogen-bond acceptors (Lipinski definition) is 1. The standard InChI is InChI=1S/C21H28O/c1-5-7-8-15-22-21-14-13-20(16(3)17(21)4)19-11-9-18(6-2)10-12-19/h9-14H,5-8,15H2,1-4H3. The van der Waals surface area contributed by atoms with E-state index >= 15 is 0 Å². The fourth-order valence-corrected chi connectivity index (χ4v) is 2.72. The first-order chi connectivity index (χ1) is 10.7. The minimum atomic E-state index is 0.818. The van der Waals surface area contributed by atoms with Crippen LogP contribution in [0.5, 0.6) is 5.75 Å². The van der Waals surface area contributed by atoms with E-state index in [0.717, 1.165) is 25.2 Å². The number of rotatable bonds is 7. The van der Waals surface area contributed by atoms with Gasteiger partial charge in [-0.2, -0.15) is 0 Å². The minimum absolute atomic E-state index is 0.818. The van der Waals surface area contributed by atoms with Gasteiger partial charge < -0.3 is 4.74 Å². The molecule has 0 radical (unpaired) electrons. The quantitative estimate of drug-likeness (QED) is 0.561. The smallest absolute Gasteiger partial charge is 0.122 e. The molecule has 2 aromatic rings. The van der Waals surface area contributed by atoms with Gasteiger partial charge in [0.25, 0.3) is 0 Å². The summed E-state index contributed by atoms with van der Waals surface area (Å²) in [6.07, 6.45) is 4.69. The molecule has 0 bridgehead atoms. The average molecular weight is 296 g/mol. The summed E-state index contributed by atoms with van der Waals surface area (Å²) in [6, 6.07) is 13.2. The van der Waals surface area contributed by atoms with Crippen molar-refractivity contribution in [3.8, 4) is 16.9 Å². The Hall–Kier alpha value is -1.76. The zero-order valence-electron chi connectivity index (χ0n) is 14.4. The molecule has 0 heterocycles. The van der Waals surface area contributed by atoms with Crippen molar-refractivity contribution in [1.29, 1.82) is 0 Å². The fraction of sp³-hybridized carbons (Fsp3) is 0.429. The van der Waals surface area contributed by atoms with E-state index in [9.17, 15) is 0 Å². The zero-order valence-corrected chi connectivity index (χ0v) is 14.4. The lowest BCUT2D eigenvalue weighted by Crippen LogP contribution is -2.00. The molecule has 2 aromatic carbocycles. The van der Waals surface area contributed by atoms with Crippen LogP contribution in [-0.4, -0.2) is 6.61 Å². The van der Waals surface area contributed by atoms with E-state index in [1.807, 2.05) is 0 Å². The van der Waals surface area contributed by atoms with Crippen LogP contribution in [0.3, 0.4) is 0 Å². The monoisotopic (exact) mass is 296 g/mol. The van der Waals surface area contributed by atoms with Gasteiger partial charge in [0, 0.05) is 0 Å². The molecule has 22 heavy (non-hydrogen) atoms. The SMILES string of the molecule is CCCCCOc1ccc(-c2ccc(CC)cc2)c(C)c1C. The summed E-state index contributed by atoms with van der Waals surface area (Å²) in [5, 5.41) is 0. The largest absolute Gasteiger partial charge is 0.493 e. The maximum Gasteiger partial charge on any atom is 0.122 e. The summed E-state index contributed by atoms with van der Waals surface area (Å²) in [5.74, 6) is 1.03. The molecule has 2 rings (SSSR count). The van der Waals surface area contributed by atoms with Crippen molar-refractivity contribution in [2.75, 3.05) is 6.61 Å². The second kappa shape index (κ2) is 8.03. The lowest BCUT2D eigenvalue weighted by Gasteiger charge is -2.15. The van der Waals surface area contributed by atoms with Gasteiger partial charge in [0.05, 0.1) is 6.61 Å². The van der Waals surface area contributed by atoms with Crippen molar-refractivity contribution in [2.45, 2.75) is 53.4 Å². The lowest BCUT2D eigenvalue weighted by atomic mass is 9.95. The molecule has 1 nitrogen and oxygen atoms in total. The summed E-state index contributed by atoms with van der Waals surface area (Å²) in [4.78, 5) is 0. The van der Waals surface area contributed by atoms with Gasteiger partial charge in [-0.3, -0.25) is 0 Å². The third-order valence-electron chi connectivity index (χ3n) is 4.42. The summed E-state index contributed by atoms with van der Waals surface area (Å²) in [6.45, 7) is 9.58. The predicted molar refractivity (Wildman–Crippen MR) is 95.8 cm³/mol. The molecule has 0 aliphatic carbocycles. The van der Waals surface area contributed by atoms with Gasteiger partial charge in [-0.1, -0.05) is 57.0 Å². The van der Waals surface area contributed by atoms with Crippen LogP contribution in [0.2, 0.25) is 0 Å². The Morgan fingerprint density at radius 1 is 0.818 bits per heavy atom. The molecule has 0 unspecified atom stereocenters. The second-order valence-electron chi connectivity index (χ2n) is 5.97. The van der Waals surface area contributed by atoms with E-state index in [1.165, 1.54) is 40.7 Å². The topological polar surface area (TPSA) is 9.23 Å². The minimum Gasteiger partial charge on any atom is -0.493 e. The third-order valence-corrected chi connectivity index (χ3v) is 4.42. The van der Waals surface area contributed by atoms with Crippen LogP contribution < -0.4 is 4.74 Å². The molecule has 0 atom stereocenters. The molecule has 0 aliphatic rings. The van der Waals surface area contributed by atoms with E-state index in [-0.39, 0.29) is 0 Å². The van der Waals surface area contributed by atoms with Gasteiger partial charge in [0.1, 0.15) is 5.75 Å². The second-order valence-corrected chi connectivity index (χ2v) is 5.97. The first-order valence-corrected chi connectivity index (χ1v) is 8.49. The highest BCUT2D eigenvalue weighted by Crippen LogP contribution is 2.31. The van der Waals surface area contributed by atoms with Gasteiger partial charge in [-0.05, 0) is 60.6 Å². The van der Waals surface area contributed by atoms with Crippen LogP contribution in [0.4, 0.5) is 0 Å². The van der Waals surface area contributed by atoms with Crippen LogP contribution >= 0.6 is 0 Å². The van der Waals surface area contributed by atoms with Crippen molar-refractivity contribution in [3.63, 3.8) is 0 Å². The summed E-state index contributed by atoms with van der Waals surface area (Å²) in [7, 11) is 0. The number of ether oxygens (including phenoxy) is 1. The number of benzene rings is 2. The number of hydrogen-bond donors (Lipinski definition) is 0. The van der Waals surface area contributed by atoms with E-state index in [2.05, 4.69) is 64.1 Å². The van der Waals surface area contributed by atoms with Crippen molar-refractivity contribution in [3.05, 3.63) is 53.1 Å². The van der Waals surface area contributed by atoms with Gasteiger partial charge in [0.2, 0.25) is 0 Å². The number of unbranched alkanes of at least 4 members (excludes halogenated alkanes) is 2. The zero-order chi connectivity index (χ0) is 15.9. The van der Waals surface area contributed by atoms with E-state index in [0.29, 0.717) is 0 Å². The molecule has 0 fully saturated rings. The Morgan fingerprint density at radius 2 is 1.55 bits per heavy atom. The van der Waals surface area contributed by atoms with Crippen LogP contribution in [0.1, 0.15) is 49.8 Å². The Bertz CT molecular complexity index is 596. The van der Waals surface area contributed by atoms with Crippen molar-refractivity contribution >= 4 is 0 Å².